The van der Waals surface area contributed by atoms with Gasteiger partial charge < -0.3 is 23.5 Å². The van der Waals surface area contributed by atoms with Gasteiger partial charge in [-0.3, -0.25) is 9.59 Å². The number of carbonyl (C=O) groups excluding carboxylic acids is 1. The molecule has 7 nitrogen and oxygen atoms in total. The Bertz CT molecular complexity index is 1540. The molecule has 7 heteroatoms. The second kappa shape index (κ2) is 10.6. The van der Waals surface area contributed by atoms with Gasteiger partial charge >= 0.3 is 0 Å². The number of hydrogen-bond donors (Lipinski definition) is 0. The van der Waals surface area contributed by atoms with Crippen LogP contribution >= 0.6 is 0 Å². The fourth-order valence-corrected chi connectivity index (χ4v) is 4.87. The van der Waals surface area contributed by atoms with E-state index in [1.54, 1.807) is 18.1 Å². The molecule has 196 valence electrons. The third-order valence-corrected chi connectivity index (χ3v) is 6.68. The lowest BCUT2D eigenvalue weighted by Gasteiger charge is -2.26. The van der Waals surface area contributed by atoms with Crippen LogP contribution in [0.2, 0.25) is 0 Å². The molecule has 1 aliphatic heterocycles. The average molecular weight is 514 g/mol. The minimum Gasteiger partial charge on any atom is -0.497 e. The van der Waals surface area contributed by atoms with Crippen LogP contribution < -0.4 is 19.6 Å². The summed E-state index contributed by atoms with van der Waals surface area (Å²) in [5.74, 6) is 1.68. The lowest BCUT2D eigenvalue weighted by Crippen LogP contribution is -2.29. The van der Waals surface area contributed by atoms with E-state index >= 15 is 0 Å². The van der Waals surface area contributed by atoms with Crippen molar-refractivity contribution in [3.63, 3.8) is 0 Å². The smallest absolute Gasteiger partial charge is 0.291 e. The topological polar surface area (TPSA) is 78.2 Å². The number of nitrogens with zero attached hydrogens (tertiary/aromatic N) is 1. The zero-order chi connectivity index (χ0) is 26.8. The van der Waals surface area contributed by atoms with Gasteiger partial charge in [-0.15, -0.1) is 0 Å². The number of amides is 1. The molecular weight excluding hydrogens is 482 g/mol. The van der Waals surface area contributed by atoms with E-state index in [4.69, 9.17) is 18.6 Å². The molecule has 4 aromatic rings. The third-order valence-electron chi connectivity index (χ3n) is 6.68. The maximum absolute atomic E-state index is 13.9. The van der Waals surface area contributed by atoms with Gasteiger partial charge in [0.2, 0.25) is 5.76 Å². The summed E-state index contributed by atoms with van der Waals surface area (Å²) in [4.78, 5) is 29.4. The van der Waals surface area contributed by atoms with Gasteiger partial charge in [0.15, 0.2) is 16.9 Å². The molecule has 5 rings (SSSR count). The van der Waals surface area contributed by atoms with Gasteiger partial charge in [-0.2, -0.15) is 0 Å². The van der Waals surface area contributed by atoms with Crippen LogP contribution in [0.15, 0.2) is 69.9 Å². The quantitative estimate of drug-likeness (QED) is 0.271. The standard InChI is InChI=1S/C31H31NO6/c1-5-15-37-25-14-10-21(17-26(25)36-6-2)28-27-29(33)23-16-19(3)7-13-24(23)38-30(27)31(34)32(28)18-20-8-11-22(35-4)12-9-20/h7-14,16-17,28H,5-6,15,18H2,1-4H3. The first-order valence-electron chi connectivity index (χ1n) is 12.9. The van der Waals surface area contributed by atoms with Crippen LogP contribution in [0, 0.1) is 6.92 Å². The summed E-state index contributed by atoms with van der Waals surface area (Å²) in [6.07, 6.45) is 0.862. The van der Waals surface area contributed by atoms with Crippen LogP contribution in [0.5, 0.6) is 17.2 Å². The minimum absolute atomic E-state index is 0.0779. The predicted molar refractivity (Wildman–Crippen MR) is 145 cm³/mol. The lowest BCUT2D eigenvalue weighted by molar-refractivity contribution is 0.0714. The number of methoxy groups -OCH3 is 1. The number of benzene rings is 3. The normalized spacial score (nSPS) is 14.6. The molecule has 1 atom stereocenters. The molecular formula is C31H31NO6. The van der Waals surface area contributed by atoms with Crippen LogP contribution in [-0.2, 0) is 6.54 Å². The van der Waals surface area contributed by atoms with E-state index in [1.807, 2.05) is 75.4 Å². The first-order chi connectivity index (χ1) is 18.4. The van der Waals surface area contributed by atoms with Gasteiger partial charge in [0, 0.05) is 6.54 Å². The highest BCUT2D eigenvalue weighted by molar-refractivity contribution is 5.99. The number of carbonyl (C=O) groups is 1. The molecule has 0 radical (unpaired) electrons. The Labute approximate surface area is 221 Å². The van der Waals surface area contributed by atoms with Gasteiger partial charge in [0.25, 0.3) is 5.91 Å². The Morgan fingerprint density at radius 2 is 1.71 bits per heavy atom. The highest BCUT2D eigenvalue weighted by atomic mass is 16.5. The van der Waals surface area contributed by atoms with Crippen molar-refractivity contribution >= 4 is 16.9 Å². The predicted octanol–water partition coefficient (Wildman–Crippen LogP) is 6.04. The summed E-state index contributed by atoms with van der Waals surface area (Å²) in [5, 5.41) is 0.459. The lowest BCUT2D eigenvalue weighted by atomic mass is 9.97. The molecule has 0 aliphatic carbocycles. The second-order valence-corrected chi connectivity index (χ2v) is 9.34. The Hall–Kier alpha value is -4.26. The maximum atomic E-state index is 13.9. The van der Waals surface area contributed by atoms with Gasteiger partial charge in [-0.05, 0) is 67.8 Å². The molecule has 1 aromatic heterocycles. The summed E-state index contributed by atoms with van der Waals surface area (Å²) < 4.78 is 23.2. The van der Waals surface area contributed by atoms with Crippen LogP contribution in [0.1, 0.15) is 59.1 Å². The second-order valence-electron chi connectivity index (χ2n) is 9.34. The Morgan fingerprint density at radius 1 is 0.921 bits per heavy atom. The number of hydrogen-bond acceptors (Lipinski definition) is 6. The maximum Gasteiger partial charge on any atom is 0.291 e. The molecule has 1 aliphatic rings. The Kier molecular flexibility index (Phi) is 7.09. The van der Waals surface area contributed by atoms with E-state index in [0.29, 0.717) is 41.2 Å². The first-order valence-corrected chi connectivity index (χ1v) is 12.9. The molecule has 2 heterocycles. The highest BCUT2D eigenvalue weighted by Crippen LogP contribution is 2.42. The number of aryl methyl sites for hydroxylation is 1. The van der Waals surface area contributed by atoms with Gasteiger partial charge in [0.1, 0.15) is 11.3 Å². The van der Waals surface area contributed by atoms with Gasteiger partial charge in [-0.1, -0.05) is 36.8 Å². The molecule has 1 unspecified atom stereocenters. The van der Waals surface area contributed by atoms with E-state index in [0.717, 1.165) is 28.9 Å². The van der Waals surface area contributed by atoms with Crippen molar-refractivity contribution in [3.05, 3.63) is 98.9 Å². The molecule has 38 heavy (non-hydrogen) atoms. The van der Waals surface area contributed by atoms with Crippen LogP contribution in [0.25, 0.3) is 11.0 Å². The van der Waals surface area contributed by atoms with E-state index in [-0.39, 0.29) is 23.6 Å². The molecule has 0 saturated carbocycles. The molecule has 0 fully saturated rings. The van der Waals surface area contributed by atoms with E-state index in [9.17, 15) is 9.59 Å². The summed E-state index contributed by atoms with van der Waals surface area (Å²) in [6.45, 7) is 7.16. The zero-order valence-electron chi connectivity index (χ0n) is 22.1. The fourth-order valence-electron chi connectivity index (χ4n) is 4.87. The van der Waals surface area contributed by atoms with Crippen molar-refractivity contribution < 1.29 is 23.4 Å². The molecule has 1 amide bonds. The summed E-state index contributed by atoms with van der Waals surface area (Å²) >= 11 is 0. The van der Waals surface area contributed by atoms with Crippen molar-refractivity contribution in [1.29, 1.82) is 0 Å². The first kappa shape index (κ1) is 25.4. The van der Waals surface area contributed by atoms with Gasteiger partial charge in [-0.25, -0.2) is 0 Å². The highest BCUT2D eigenvalue weighted by Gasteiger charge is 2.43. The summed E-state index contributed by atoms with van der Waals surface area (Å²) in [5.41, 5.74) is 3.12. The SMILES string of the molecule is CCCOc1ccc(C2c3c(oc4ccc(C)cc4c3=O)C(=O)N2Cc2ccc(OC)cc2)cc1OCC. The zero-order valence-corrected chi connectivity index (χ0v) is 22.1. The summed E-state index contributed by atoms with van der Waals surface area (Å²) in [7, 11) is 1.61. The number of fused-ring (bicyclic) bond motifs is 2. The molecule has 0 saturated heterocycles. The third kappa shape index (κ3) is 4.60. The number of ether oxygens (including phenoxy) is 3. The van der Waals surface area contributed by atoms with Gasteiger partial charge in [0.05, 0.1) is 37.3 Å². The van der Waals surface area contributed by atoms with E-state index in [1.165, 1.54) is 0 Å². The van der Waals surface area contributed by atoms with E-state index < -0.39 is 6.04 Å². The van der Waals surface area contributed by atoms with Crippen LogP contribution in [-0.4, -0.2) is 31.1 Å². The summed E-state index contributed by atoms with van der Waals surface area (Å²) in [6, 6.07) is 17.9. The average Bonchev–Trinajstić information content (AvgIpc) is 3.20. The monoisotopic (exact) mass is 513 g/mol. The number of rotatable bonds is 9. The molecule has 3 aromatic carbocycles. The van der Waals surface area contributed by atoms with Crippen molar-refractivity contribution in [2.45, 2.75) is 39.8 Å². The molecule has 0 spiro atoms. The van der Waals surface area contributed by atoms with Crippen LogP contribution in [0.4, 0.5) is 0 Å². The van der Waals surface area contributed by atoms with Crippen molar-refractivity contribution in [1.82, 2.24) is 4.90 Å². The van der Waals surface area contributed by atoms with Crippen LogP contribution in [0.3, 0.4) is 0 Å². The Morgan fingerprint density at radius 3 is 2.42 bits per heavy atom. The largest absolute Gasteiger partial charge is 0.497 e. The van der Waals surface area contributed by atoms with E-state index in [2.05, 4.69) is 0 Å². The Balaban J connectivity index is 1.67. The van der Waals surface area contributed by atoms with Crippen molar-refractivity contribution in [3.8, 4) is 17.2 Å². The minimum atomic E-state index is -0.653. The van der Waals surface area contributed by atoms with Crippen molar-refractivity contribution in [2.24, 2.45) is 0 Å². The molecule has 0 N–H and O–H groups in total. The van der Waals surface area contributed by atoms with Crippen molar-refractivity contribution in [2.75, 3.05) is 20.3 Å². The molecule has 0 bridgehead atoms. The fraction of sp³-hybridized carbons (Fsp3) is 0.290.